The Hall–Kier alpha value is -2.85. The molecule has 27 heavy (non-hydrogen) atoms. The van der Waals surface area contributed by atoms with Gasteiger partial charge in [0, 0.05) is 21.3 Å². The Bertz CT molecular complexity index is 1150. The number of esters is 1. The van der Waals surface area contributed by atoms with E-state index in [4.69, 9.17) is 16.3 Å². The maximum absolute atomic E-state index is 12.3. The van der Waals surface area contributed by atoms with Crippen molar-refractivity contribution in [2.24, 2.45) is 0 Å². The fourth-order valence-electron chi connectivity index (χ4n) is 3.31. The zero-order valence-corrected chi connectivity index (χ0v) is 15.9. The molecule has 2 heterocycles. The van der Waals surface area contributed by atoms with Crippen molar-refractivity contribution in [3.05, 3.63) is 76.6 Å². The number of nitrogens with zero attached hydrogens (tertiary/aromatic N) is 1. The molecule has 2 aromatic carbocycles. The van der Waals surface area contributed by atoms with Crippen LogP contribution in [0.15, 0.2) is 54.7 Å². The van der Waals surface area contributed by atoms with Gasteiger partial charge in [-0.1, -0.05) is 41.9 Å². The van der Waals surface area contributed by atoms with Crippen LogP contribution in [-0.2, 0) is 11.2 Å². The molecule has 0 saturated carbocycles. The van der Waals surface area contributed by atoms with Gasteiger partial charge < -0.3 is 9.72 Å². The van der Waals surface area contributed by atoms with Gasteiger partial charge in [-0.15, -0.1) is 0 Å². The summed E-state index contributed by atoms with van der Waals surface area (Å²) >= 11 is 6.35. The van der Waals surface area contributed by atoms with Gasteiger partial charge in [-0.3, -0.25) is 0 Å². The Morgan fingerprint density at radius 1 is 1.11 bits per heavy atom. The van der Waals surface area contributed by atoms with Crippen molar-refractivity contribution in [1.82, 2.24) is 9.97 Å². The zero-order chi connectivity index (χ0) is 19.0. The molecule has 0 amide bonds. The molecule has 4 aromatic rings. The average molecular weight is 379 g/mol. The van der Waals surface area contributed by atoms with E-state index in [1.165, 1.54) is 0 Å². The number of aromatic nitrogens is 2. The molecule has 4 nitrogen and oxygen atoms in total. The molecule has 0 fully saturated rings. The van der Waals surface area contributed by atoms with Crippen LogP contribution < -0.4 is 0 Å². The Balaban J connectivity index is 1.85. The SMILES string of the molecule is CC(C)OC(=O)c1cc2c(cn1)[nH]c1cccc(Cc3ccccc3Cl)c12. The number of ether oxygens (including phenoxy) is 1. The van der Waals surface area contributed by atoms with Crippen LogP contribution in [0.5, 0.6) is 0 Å². The topological polar surface area (TPSA) is 55.0 Å². The third-order valence-corrected chi connectivity index (χ3v) is 4.85. The van der Waals surface area contributed by atoms with Crippen LogP contribution in [0.25, 0.3) is 21.8 Å². The van der Waals surface area contributed by atoms with Gasteiger partial charge in [-0.25, -0.2) is 9.78 Å². The Morgan fingerprint density at radius 2 is 1.89 bits per heavy atom. The summed E-state index contributed by atoms with van der Waals surface area (Å²) in [6.07, 6.45) is 2.21. The highest BCUT2D eigenvalue weighted by Crippen LogP contribution is 2.31. The lowest BCUT2D eigenvalue weighted by atomic mass is 9.99. The fourth-order valence-corrected chi connectivity index (χ4v) is 3.51. The number of hydrogen-bond acceptors (Lipinski definition) is 3. The number of H-pyrrole nitrogens is 1. The molecule has 0 aliphatic heterocycles. The Kier molecular flexibility index (Phi) is 4.58. The van der Waals surface area contributed by atoms with Gasteiger partial charge in [0.2, 0.25) is 0 Å². The predicted molar refractivity (Wildman–Crippen MR) is 108 cm³/mol. The maximum Gasteiger partial charge on any atom is 0.357 e. The van der Waals surface area contributed by atoms with Gasteiger partial charge in [0.05, 0.1) is 17.8 Å². The smallest absolute Gasteiger partial charge is 0.357 e. The molecule has 0 aliphatic carbocycles. The summed E-state index contributed by atoms with van der Waals surface area (Å²) in [5.41, 5.74) is 4.41. The summed E-state index contributed by atoms with van der Waals surface area (Å²) < 4.78 is 5.29. The van der Waals surface area contributed by atoms with Crippen LogP contribution in [0.4, 0.5) is 0 Å². The number of rotatable bonds is 4. The van der Waals surface area contributed by atoms with E-state index < -0.39 is 5.97 Å². The van der Waals surface area contributed by atoms with Crippen molar-refractivity contribution in [2.75, 3.05) is 0 Å². The van der Waals surface area contributed by atoms with Crippen LogP contribution >= 0.6 is 11.6 Å². The number of halogens is 1. The molecular weight excluding hydrogens is 360 g/mol. The Labute approximate surface area is 162 Å². The summed E-state index contributed by atoms with van der Waals surface area (Å²) in [7, 11) is 0. The molecule has 4 rings (SSSR count). The largest absolute Gasteiger partial charge is 0.458 e. The van der Waals surface area contributed by atoms with Crippen molar-refractivity contribution < 1.29 is 9.53 Å². The van der Waals surface area contributed by atoms with Crippen molar-refractivity contribution >= 4 is 39.4 Å². The van der Waals surface area contributed by atoms with Crippen LogP contribution in [-0.4, -0.2) is 22.0 Å². The molecule has 0 aliphatic rings. The van der Waals surface area contributed by atoms with E-state index in [1.807, 2.05) is 50.2 Å². The third-order valence-electron chi connectivity index (χ3n) is 4.48. The lowest BCUT2D eigenvalue weighted by molar-refractivity contribution is 0.0371. The third kappa shape index (κ3) is 3.40. The standard InChI is InChI=1S/C22H19ClN2O2/c1-13(2)27-22(26)19-11-16-20(12-24-19)25-18-9-5-7-15(21(16)18)10-14-6-3-4-8-17(14)23/h3-9,11-13,25H,10H2,1-2H3. The van der Waals surface area contributed by atoms with Gasteiger partial charge in [0.25, 0.3) is 0 Å². The average Bonchev–Trinajstić information content (AvgIpc) is 3.01. The van der Waals surface area contributed by atoms with Crippen molar-refractivity contribution in [2.45, 2.75) is 26.4 Å². The normalized spacial score (nSPS) is 11.4. The van der Waals surface area contributed by atoms with Crippen LogP contribution in [0.1, 0.15) is 35.5 Å². The molecule has 0 spiro atoms. The summed E-state index contributed by atoms with van der Waals surface area (Å²) in [4.78, 5) is 19.9. The summed E-state index contributed by atoms with van der Waals surface area (Å²) in [6.45, 7) is 3.65. The molecule has 0 atom stereocenters. The van der Waals surface area contributed by atoms with E-state index >= 15 is 0 Å². The lowest BCUT2D eigenvalue weighted by Gasteiger charge is -2.08. The highest BCUT2D eigenvalue weighted by atomic mass is 35.5. The fraction of sp³-hybridized carbons (Fsp3) is 0.182. The predicted octanol–water partition coefficient (Wildman–Crippen LogP) is 5.53. The Morgan fingerprint density at radius 3 is 2.67 bits per heavy atom. The molecule has 0 radical (unpaired) electrons. The van der Waals surface area contributed by atoms with E-state index in [1.54, 1.807) is 12.3 Å². The highest BCUT2D eigenvalue weighted by Gasteiger charge is 2.15. The molecule has 0 unspecified atom stereocenters. The van der Waals surface area contributed by atoms with Crippen molar-refractivity contribution in [3.8, 4) is 0 Å². The number of benzene rings is 2. The van der Waals surface area contributed by atoms with Gasteiger partial charge in [0.1, 0.15) is 5.69 Å². The highest BCUT2D eigenvalue weighted by molar-refractivity contribution is 6.31. The van der Waals surface area contributed by atoms with Gasteiger partial charge in [-0.2, -0.15) is 0 Å². The van der Waals surface area contributed by atoms with Crippen LogP contribution in [0.3, 0.4) is 0 Å². The first-order chi connectivity index (χ1) is 13.0. The number of aromatic amines is 1. The van der Waals surface area contributed by atoms with Crippen molar-refractivity contribution in [1.29, 1.82) is 0 Å². The van der Waals surface area contributed by atoms with Gasteiger partial charge >= 0.3 is 5.97 Å². The monoisotopic (exact) mass is 378 g/mol. The quantitative estimate of drug-likeness (QED) is 0.475. The second kappa shape index (κ2) is 7.05. The second-order valence-corrected chi connectivity index (χ2v) is 7.21. The van der Waals surface area contributed by atoms with Crippen LogP contribution in [0, 0.1) is 0 Å². The molecule has 136 valence electrons. The van der Waals surface area contributed by atoms with Crippen LogP contribution in [0.2, 0.25) is 5.02 Å². The second-order valence-electron chi connectivity index (χ2n) is 6.80. The molecule has 0 saturated heterocycles. The zero-order valence-electron chi connectivity index (χ0n) is 15.1. The minimum atomic E-state index is -0.412. The maximum atomic E-state index is 12.3. The number of carbonyl (C=O) groups is 1. The summed E-state index contributed by atoms with van der Waals surface area (Å²) in [5.74, 6) is -0.412. The molecule has 5 heteroatoms. The summed E-state index contributed by atoms with van der Waals surface area (Å²) in [5, 5.41) is 2.78. The summed E-state index contributed by atoms with van der Waals surface area (Å²) in [6, 6.07) is 15.8. The first-order valence-corrected chi connectivity index (χ1v) is 9.24. The van der Waals surface area contributed by atoms with Crippen molar-refractivity contribution in [3.63, 3.8) is 0 Å². The molecule has 2 aromatic heterocycles. The van der Waals surface area contributed by atoms with E-state index in [0.717, 1.165) is 38.0 Å². The number of hydrogen-bond donors (Lipinski definition) is 1. The minimum absolute atomic E-state index is 0.186. The van der Waals surface area contributed by atoms with E-state index in [2.05, 4.69) is 16.0 Å². The molecular formula is C22H19ClN2O2. The number of fused-ring (bicyclic) bond motifs is 3. The minimum Gasteiger partial charge on any atom is -0.458 e. The van der Waals surface area contributed by atoms with Gasteiger partial charge in [0.15, 0.2) is 0 Å². The number of pyridine rings is 1. The molecule has 1 N–H and O–H groups in total. The van der Waals surface area contributed by atoms with E-state index in [-0.39, 0.29) is 6.10 Å². The van der Waals surface area contributed by atoms with Gasteiger partial charge in [-0.05, 0) is 49.6 Å². The first kappa shape index (κ1) is 17.6. The van der Waals surface area contributed by atoms with E-state index in [0.29, 0.717) is 12.1 Å². The number of carbonyl (C=O) groups excluding carboxylic acids is 1. The number of nitrogens with one attached hydrogen (secondary N) is 1. The van der Waals surface area contributed by atoms with E-state index in [9.17, 15) is 4.79 Å². The first-order valence-electron chi connectivity index (χ1n) is 8.86. The molecule has 0 bridgehead atoms. The lowest BCUT2D eigenvalue weighted by Crippen LogP contribution is -2.12.